The molecule has 1 saturated heterocycles. The van der Waals surface area contributed by atoms with Crippen molar-refractivity contribution in [2.24, 2.45) is 0 Å². The lowest BCUT2D eigenvalue weighted by molar-refractivity contribution is 0.00672. The molecule has 94 valence electrons. The fraction of sp³-hybridized carbons (Fsp3) is 0.833. The molecule has 1 aromatic rings. The minimum atomic E-state index is 0.167. The second-order valence-corrected chi connectivity index (χ2v) is 4.84. The zero-order valence-electron chi connectivity index (χ0n) is 10.4. The van der Waals surface area contributed by atoms with Crippen molar-refractivity contribution < 1.29 is 4.74 Å². The van der Waals surface area contributed by atoms with Crippen LogP contribution in [-0.4, -0.2) is 27.9 Å². The molecule has 2 aliphatic heterocycles. The molecule has 3 heterocycles. The van der Waals surface area contributed by atoms with E-state index in [1.165, 1.54) is 12.8 Å². The van der Waals surface area contributed by atoms with E-state index in [0.717, 1.165) is 44.2 Å². The Labute approximate surface area is 102 Å². The van der Waals surface area contributed by atoms with Gasteiger partial charge in [-0.05, 0) is 25.7 Å². The quantitative estimate of drug-likeness (QED) is 0.847. The van der Waals surface area contributed by atoms with Crippen molar-refractivity contribution in [3.63, 3.8) is 0 Å². The lowest BCUT2D eigenvalue weighted by atomic mass is 10.1. The van der Waals surface area contributed by atoms with Crippen LogP contribution in [0.4, 0.5) is 0 Å². The summed E-state index contributed by atoms with van der Waals surface area (Å²) in [6.07, 6.45) is 4.73. The van der Waals surface area contributed by atoms with Crippen LogP contribution in [0.15, 0.2) is 0 Å². The van der Waals surface area contributed by atoms with Gasteiger partial charge in [0.05, 0.1) is 6.04 Å². The van der Waals surface area contributed by atoms with E-state index in [-0.39, 0.29) is 6.10 Å². The molecule has 0 aliphatic carbocycles. The van der Waals surface area contributed by atoms with Gasteiger partial charge in [-0.1, -0.05) is 6.92 Å². The van der Waals surface area contributed by atoms with Crippen LogP contribution in [0.1, 0.15) is 56.4 Å². The number of nitrogens with zero attached hydrogens (tertiary/aromatic N) is 3. The Morgan fingerprint density at radius 2 is 2.24 bits per heavy atom. The van der Waals surface area contributed by atoms with E-state index in [4.69, 9.17) is 4.74 Å². The van der Waals surface area contributed by atoms with Gasteiger partial charge in [0.15, 0.2) is 5.82 Å². The fourth-order valence-electron chi connectivity index (χ4n) is 2.77. The zero-order valence-corrected chi connectivity index (χ0v) is 10.4. The Morgan fingerprint density at radius 3 is 3.00 bits per heavy atom. The topological polar surface area (TPSA) is 52.0 Å². The summed E-state index contributed by atoms with van der Waals surface area (Å²) in [6.45, 7) is 5.01. The van der Waals surface area contributed by atoms with E-state index in [0.29, 0.717) is 6.04 Å². The Hall–Kier alpha value is -0.940. The summed E-state index contributed by atoms with van der Waals surface area (Å²) in [4.78, 5) is 0. The summed E-state index contributed by atoms with van der Waals surface area (Å²) in [7, 11) is 0. The predicted octanol–water partition coefficient (Wildman–Crippen LogP) is 1.57. The normalized spacial score (nSPS) is 29.0. The van der Waals surface area contributed by atoms with Crippen LogP contribution in [0.3, 0.4) is 0 Å². The Kier molecular flexibility index (Phi) is 3.11. The number of aromatic nitrogens is 3. The smallest absolute Gasteiger partial charge is 0.162 e. The zero-order chi connectivity index (χ0) is 11.7. The third-order valence-electron chi connectivity index (χ3n) is 3.72. The second kappa shape index (κ2) is 4.74. The Balaban J connectivity index is 1.88. The number of fused-ring (bicyclic) bond motifs is 1. The molecule has 0 aromatic carbocycles. The molecule has 1 aromatic heterocycles. The van der Waals surface area contributed by atoms with Crippen LogP contribution in [0.25, 0.3) is 0 Å². The first-order valence-electron chi connectivity index (χ1n) is 6.68. The molecule has 0 spiro atoms. The average molecular weight is 236 g/mol. The highest BCUT2D eigenvalue weighted by Gasteiger charge is 2.28. The van der Waals surface area contributed by atoms with E-state index in [1.54, 1.807) is 0 Å². The molecule has 5 nitrogen and oxygen atoms in total. The molecule has 3 rings (SSSR count). The van der Waals surface area contributed by atoms with Gasteiger partial charge >= 0.3 is 0 Å². The van der Waals surface area contributed by atoms with Crippen LogP contribution in [0, 0.1) is 0 Å². The predicted molar refractivity (Wildman–Crippen MR) is 63.6 cm³/mol. The highest BCUT2D eigenvalue weighted by atomic mass is 16.5. The highest BCUT2D eigenvalue weighted by molar-refractivity contribution is 5.06. The van der Waals surface area contributed by atoms with Crippen molar-refractivity contribution in [3.8, 4) is 0 Å². The van der Waals surface area contributed by atoms with Gasteiger partial charge < -0.3 is 14.6 Å². The SMILES string of the molecule is CCC1NCCn2c1nnc2C1CCCCO1. The maximum absolute atomic E-state index is 5.81. The summed E-state index contributed by atoms with van der Waals surface area (Å²) in [5.41, 5.74) is 0. The molecular weight excluding hydrogens is 216 g/mol. The number of ether oxygens (including phenoxy) is 1. The maximum atomic E-state index is 5.81. The molecule has 17 heavy (non-hydrogen) atoms. The van der Waals surface area contributed by atoms with E-state index < -0.39 is 0 Å². The molecule has 2 unspecified atom stereocenters. The minimum absolute atomic E-state index is 0.167. The van der Waals surface area contributed by atoms with Gasteiger partial charge in [-0.3, -0.25) is 0 Å². The Morgan fingerprint density at radius 1 is 1.35 bits per heavy atom. The highest BCUT2D eigenvalue weighted by Crippen LogP contribution is 2.29. The van der Waals surface area contributed by atoms with E-state index in [9.17, 15) is 0 Å². The number of rotatable bonds is 2. The lowest BCUT2D eigenvalue weighted by Crippen LogP contribution is -2.34. The molecule has 0 radical (unpaired) electrons. The molecular formula is C12H20N4O. The van der Waals surface area contributed by atoms with Crippen LogP contribution >= 0.6 is 0 Å². The standard InChI is InChI=1S/C12H20N4O/c1-2-9-11-14-15-12(16(11)7-6-13-9)10-5-3-4-8-17-10/h9-10,13H,2-8H2,1H3. The summed E-state index contributed by atoms with van der Waals surface area (Å²) in [5.74, 6) is 2.13. The van der Waals surface area contributed by atoms with Gasteiger partial charge in [-0.25, -0.2) is 0 Å². The molecule has 5 heteroatoms. The summed E-state index contributed by atoms with van der Waals surface area (Å²) >= 11 is 0. The van der Waals surface area contributed by atoms with Crippen molar-refractivity contribution in [2.75, 3.05) is 13.2 Å². The molecule has 0 saturated carbocycles. The van der Waals surface area contributed by atoms with Crippen molar-refractivity contribution in [2.45, 2.75) is 51.3 Å². The van der Waals surface area contributed by atoms with Crippen LogP contribution in [0.5, 0.6) is 0 Å². The number of nitrogens with one attached hydrogen (secondary N) is 1. The summed E-state index contributed by atoms with van der Waals surface area (Å²) in [5, 5.41) is 12.2. The lowest BCUT2D eigenvalue weighted by Gasteiger charge is -2.27. The molecule has 1 fully saturated rings. The van der Waals surface area contributed by atoms with Crippen molar-refractivity contribution in [1.82, 2.24) is 20.1 Å². The Bertz CT molecular complexity index is 384. The molecule has 2 atom stereocenters. The first-order valence-corrected chi connectivity index (χ1v) is 6.68. The monoisotopic (exact) mass is 236 g/mol. The number of hydrogen-bond donors (Lipinski definition) is 1. The third kappa shape index (κ3) is 1.98. The molecule has 1 N–H and O–H groups in total. The van der Waals surface area contributed by atoms with E-state index in [2.05, 4.69) is 27.0 Å². The summed E-state index contributed by atoms with van der Waals surface area (Å²) in [6, 6.07) is 0.355. The maximum Gasteiger partial charge on any atom is 0.162 e. The van der Waals surface area contributed by atoms with Gasteiger partial charge in [0.2, 0.25) is 0 Å². The van der Waals surface area contributed by atoms with Crippen molar-refractivity contribution in [3.05, 3.63) is 11.6 Å². The van der Waals surface area contributed by atoms with Gasteiger partial charge in [0.1, 0.15) is 11.9 Å². The fourth-order valence-corrected chi connectivity index (χ4v) is 2.77. The van der Waals surface area contributed by atoms with Crippen LogP contribution < -0.4 is 5.32 Å². The first kappa shape index (κ1) is 11.2. The second-order valence-electron chi connectivity index (χ2n) is 4.84. The van der Waals surface area contributed by atoms with E-state index in [1.807, 2.05) is 0 Å². The van der Waals surface area contributed by atoms with Crippen LogP contribution in [-0.2, 0) is 11.3 Å². The first-order chi connectivity index (χ1) is 8.40. The summed E-state index contributed by atoms with van der Waals surface area (Å²) < 4.78 is 8.08. The minimum Gasteiger partial charge on any atom is -0.370 e. The van der Waals surface area contributed by atoms with Gasteiger partial charge in [0.25, 0.3) is 0 Å². The molecule has 0 bridgehead atoms. The van der Waals surface area contributed by atoms with Crippen molar-refractivity contribution in [1.29, 1.82) is 0 Å². The molecule has 2 aliphatic rings. The average Bonchev–Trinajstić information content (AvgIpc) is 2.83. The van der Waals surface area contributed by atoms with Gasteiger partial charge in [0, 0.05) is 19.7 Å². The number of hydrogen-bond acceptors (Lipinski definition) is 4. The van der Waals surface area contributed by atoms with Gasteiger partial charge in [-0.15, -0.1) is 10.2 Å². The molecule has 0 amide bonds. The largest absolute Gasteiger partial charge is 0.370 e. The third-order valence-corrected chi connectivity index (χ3v) is 3.72. The van der Waals surface area contributed by atoms with E-state index >= 15 is 0 Å². The van der Waals surface area contributed by atoms with Crippen LogP contribution in [0.2, 0.25) is 0 Å². The van der Waals surface area contributed by atoms with Crippen molar-refractivity contribution >= 4 is 0 Å². The van der Waals surface area contributed by atoms with Gasteiger partial charge in [-0.2, -0.15) is 0 Å².